The molecule has 6 heteroatoms. The molecule has 0 atom stereocenters. The molecule has 0 N–H and O–H groups in total. The van der Waals surface area contributed by atoms with Crippen molar-refractivity contribution in [3.8, 4) is 5.75 Å². The van der Waals surface area contributed by atoms with Crippen molar-refractivity contribution >= 4 is 23.4 Å². The average molecular weight is 353 g/mol. The van der Waals surface area contributed by atoms with E-state index in [4.69, 9.17) is 16.3 Å². The van der Waals surface area contributed by atoms with Gasteiger partial charge in [0.1, 0.15) is 5.75 Å². The second-order valence-electron chi connectivity index (χ2n) is 6.84. The summed E-state index contributed by atoms with van der Waals surface area (Å²) in [6.07, 6.45) is 0. The van der Waals surface area contributed by atoms with Crippen molar-refractivity contribution in [1.29, 1.82) is 0 Å². The molecule has 0 bridgehead atoms. The third-order valence-electron chi connectivity index (χ3n) is 4.07. The first kappa shape index (κ1) is 18.6. The molecular weight excluding hydrogens is 328 g/mol. The first-order chi connectivity index (χ1) is 11.2. The Hall–Kier alpha value is -1.75. The summed E-state index contributed by atoms with van der Waals surface area (Å²) in [5, 5.41) is 0.623. The van der Waals surface area contributed by atoms with Crippen molar-refractivity contribution in [3.63, 3.8) is 0 Å². The number of hydrogen-bond acceptors (Lipinski definition) is 3. The minimum Gasteiger partial charge on any atom is -0.478 e. The minimum absolute atomic E-state index is 0.0167. The van der Waals surface area contributed by atoms with Crippen LogP contribution in [0.5, 0.6) is 5.75 Å². The van der Waals surface area contributed by atoms with Crippen LogP contribution in [0.2, 0.25) is 5.02 Å². The Balaban J connectivity index is 1.95. The lowest BCUT2D eigenvalue weighted by Gasteiger charge is -2.39. The molecule has 0 unspecified atom stereocenters. The second kappa shape index (κ2) is 7.43. The van der Waals surface area contributed by atoms with E-state index in [9.17, 15) is 9.59 Å². The van der Waals surface area contributed by atoms with Gasteiger partial charge in [0.2, 0.25) is 5.91 Å². The first-order valence-electron chi connectivity index (χ1n) is 8.23. The highest BCUT2D eigenvalue weighted by Crippen LogP contribution is 2.23. The zero-order chi connectivity index (χ0) is 17.9. The number of rotatable bonds is 4. The number of amides is 2. The van der Waals surface area contributed by atoms with E-state index in [1.54, 1.807) is 43.0 Å². The number of carbonyl (C=O) groups excluding carboxylic acids is 2. The lowest BCUT2D eigenvalue weighted by atomic mass is 10.1. The minimum atomic E-state index is -0.974. The summed E-state index contributed by atoms with van der Waals surface area (Å²) in [4.78, 5) is 28.4. The van der Waals surface area contributed by atoms with Crippen molar-refractivity contribution in [1.82, 2.24) is 9.80 Å². The number of hydrogen-bond donors (Lipinski definition) is 0. The van der Waals surface area contributed by atoms with E-state index in [1.807, 2.05) is 18.7 Å². The third kappa shape index (κ3) is 4.41. The Labute approximate surface area is 148 Å². The monoisotopic (exact) mass is 352 g/mol. The van der Waals surface area contributed by atoms with Gasteiger partial charge in [0.15, 0.2) is 5.60 Å². The Bertz CT molecular complexity index is 591. The number of carbonyl (C=O) groups is 2. The van der Waals surface area contributed by atoms with Crippen LogP contribution in [0.1, 0.15) is 27.7 Å². The van der Waals surface area contributed by atoms with Gasteiger partial charge in [-0.15, -0.1) is 0 Å². The highest BCUT2D eigenvalue weighted by molar-refractivity contribution is 6.30. The molecule has 1 aromatic rings. The van der Waals surface area contributed by atoms with Crippen molar-refractivity contribution in [2.24, 2.45) is 5.92 Å². The topological polar surface area (TPSA) is 49.9 Å². The number of halogens is 1. The molecule has 0 spiro atoms. The summed E-state index contributed by atoms with van der Waals surface area (Å²) >= 11 is 5.87. The molecule has 132 valence electrons. The van der Waals surface area contributed by atoms with Crippen LogP contribution in [0.4, 0.5) is 0 Å². The van der Waals surface area contributed by atoms with Crippen molar-refractivity contribution in [2.45, 2.75) is 33.3 Å². The first-order valence-corrected chi connectivity index (χ1v) is 8.61. The quantitative estimate of drug-likeness (QED) is 0.837. The smallest absolute Gasteiger partial charge is 0.266 e. The van der Waals surface area contributed by atoms with Gasteiger partial charge in [-0.3, -0.25) is 9.59 Å². The zero-order valence-electron chi connectivity index (χ0n) is 14.7. The van der Waals surface area contributed by atoms with Crippen LogP contribution >= 0.6 is 11.6 Å². The fourth-order valence-electron chi connectivity index (χ4n) is 2.72. The van der Waals surface area contributed by atoms with Gasteiger partial charge in [0.25, 0.3) is 5.91 Å². The Morgan fingerprint density at radius 2 is 1.54 bits per heavy atom. The zero-order valence-corrected chi connectivity index (χ0v) is 15.5. The van der Waals surface area contributed by atoms with Gasteiger partial charge in [0.05, 0.1) is 0 Å². The molecule has 1 aliphatic rings. The van der Waals surface area contributed by atoms with Crippen LogP contribution < -0.4 is 4.74 Å². The number of nitrogens with zero attached hydrogens (tertiary/aromatic N) is 2. The van der Waals surface area contributed by atoms with Gasteiger partial charge in [0, 0.05) is 37.1 Å². The summed E-state index contributed by atoms with van der Waals surface area (Å²) in [5.41, 5.74) is -0.974. The molecule has 1 aliphatic heterocycles. The van der Waals surface area contributed by atoms with E-state index in [0.717, 1.165) is 0 Å². The predicted molar refractivity (Wildman–Crippen MR) is 94.2 cm³/mol. The highest BCUT2D eigenvalue weighted by atomic mass is 35.5. The van der Waals surface area contributed by atoms with Gasteiger partial charge in [-0.05, 0) is 38.1 Å². The van der Waals surface area contributed by atoms with Crippen LogP contribution in [-0.2, 0) is 9.59 Å². The summed E-state index contributed by atoms with van der Waals surface area (Å²) in [5.74, 6) is 0.649. The fraction of sp³-hybridized carbons (Fsp3) is 0.556. The normalized spacial score (nSPS) is 15.6. The molecule has 2 amide bonds. The SMILES string of the molecule is CC(C)C(=O)N1CCN(C(=O)C(C)(C)Oc2ccc(Cl)cc2)CC1. The van der Waals surface area contributed by atoms with E-state index in [-0.39, 0.29) is 17.7 Å². The number of ether oxygens (including phenoxy) is 1. The van der Waals surface area contributed by atoms with Crippen LogP contribution in [0.3, 0.4) is 0 Å². The van der Waals surface area contributed by atoms with Crippen LogP contribution in [0.15, 0.2) is 24.3 Å². The molecule has 1 heterocycles. The highest BCUT2D eigenvalue weighted by Gasteiger charge is 2.36. The van der Waals surface area contributed by atoms with Crippen molar-refractivity contribution in [3.05, 3.63) is 29.3 Å². The summed E-state index contributed by atoms with van der Waals surface area (Å²) in [7, 11) is 0. The predicted octanol–water partition coefficient (Wildman–Crippen LogP) is 2.82. The molecule has 1 saturated heterocycles. The molecule has 2 rings (SSSR count). The standard InChI is InChI=1S/C18H25ClN2O3/c1-13(2)16(22)20-9-11-21(12-10-20)17(23)18(3,4)24-15-7-5-14(19)6-8-15/h5-8,13H,9-12H2,1-4H3. The van der Waals surface area contributed by atoms with Gasteiger partial charge in [-0.2, -0.15) is 0 Å². The summed E-state index contributed by atoms with van der Waals surface area (Å²) < 4.78 is 5.85. The van der Waals surface area contributed by atoms with Crippen LogP contribution in [0.25, 0.3) is 0 Å². The summed E-state index contributed by atoms with van der Waals surface area (Å²) in [6.45, 7) is 9.51. The van der Waals surface area contributed by atoms with Gasteiger partial charge >= 0.3 is 0 Å². The van der Waals surface area contributed by atoms with E-state index < -0.39 is 5.60 Å². The Morgan fingerprint density at radius 3 is 2.04 bits per heavy atom. The number of piperazine rings is 1. The largest absolute Gasteiger partial charge is 0.478 e. The molecule has 5 nitrogen and oxygen atoms in total. The van der Waals surface area contributed by atoms with E-state index in [2.05, 4.69) is 0 Å². The Morgan fingerprint density at radius 1 is 1.04 bits per heavy atom. The average Bonchev–Trinajstić information content (AvgIpc) is 2.55. The third-order valence-corrected chi connectivity index (χ3v) is 4.33. The van der Waals surface area contributed by atoms with Gasteiger partial charge < -0.3 is 14.5 Å². The molecule has 1 aromatic carbocycles. The lowest BCUT2D eigenvalue weighted by molar-refractivity contribution is -0.150. The maximum absolute atomic E-state index is 12.8. The maximum atomic E-state index is 12.8. The fourth-order valence-corrected chi connectivity index (χ4v) is 2.84. The molecular formula is C18H25ClN2O3. The van der Waals surface area contributed by atoms with Gasteiger partial charge in [-0.25, -0.2) is 0 Å². The molecule has 0 aromatic heterocycles. The van der Waals surface area contributed by atoms with Crippen LogP contribution in [0, 0.1) is 5.92 Å². The summed E-state index contributed by atoms with van der Waals surface area (Å²) in [6, 6.07) is 6.95. The van der Waals surface area contributed by atoms with Crippen molar-refractivity contribution < 1.29 is 14.3 Å². The van der Waals surface area contributed by atoms with Crippen molar-refractivity contribution in [2.75, 3.05) is 26.2 Å². The molecule has 24 heavy (non-hydrogen) atoms. The molecule has 0 saturated carbocycles. The Kier molecular flexibility index (Phi) is 5.75. The van der Waals surface area contributed by atoms with E-state index >= 15 is 0 Å². The van der Waals surface area contributed by atoms with E-state index in [1.165, 1.54) is 0 Å². The van der Waals surface area contributed by atoms with E-state index in [0.29, 0.717) is 37.0 Å². The molecule has 1 fully saturated rings. The lowest BCUT2D eigenvalue weighted by Crippen LogP contribution is -2.57. The van der Waals surface area contributed by atoms with Gasteiger partial charge in [-0.1, -0.05) is 25.4 Å². The van der Waals surface area contributed by atoms with Crippen LogP contribution in [-0.4, -0.2) is 53.4 Å². The number of benzene rings is 1. The molecule has 0 radical (unpaired) electrons. The maximum Gasteiger partial charge on any atom is 0.266 e. The molecule has 0 aliphatic carbocycles. The second-order valence-corrected chi connectivity index (χ2v) is 7.27.